The number of nitrogens with one attached hydrogen (secondary N) is 1. The number of thioether (sulfide) groups is 1. The second-order valence-electron chi connectivity index (χ2n) is 8.78. The van der Waals surface area contributed by atoms with E-state index in [0.717, 1.165) is 31.4 Å². The van der Waals surface area contributed by atoms with Gasteiger partial charge in [0.05, 0.1) is 0 Å². The summed E-state index contributed by atoms with van der Waals surface area (Å²) >= 11 is 14.6. The van der Waals surface area contributed by atoms with Crippen molar-refractivity contribution in [1.29, 1.82) is 0 Å². The van der Waals surface area contributed by atoms with Gasteiger partial charge in [-0.2, -0.15) is 11.8 Å². The summed E-state index contributed by atoms with van der Waals surface area (Å²) in [6.45, 7) is 2.17. The minimum absolute atomic E-state index is 0.0535. The van der Waals surface area contributed by atoms with Gasteiger partial charge in [-0.1, -0.05) is 85.8 Å². The monoisotopic (exact) mass is 520 g/mol. The fourth-order valence-corrected chi connectivity index (χ4v) is 5.79. The van der Waals surface area contributed by atoms with Crippen LogP contribution in [0.4, 0.5) is 0 Å². The molecule has 1 aliphatic rings. The number of amides is 2. The van der Waals surface area contributed by atoms with E-state index in [2.05, 4.69) is 17.4 Å². The molecule has 4 nitrogen and oxygen atoms in total. The van der Waals surface area contributed by atoms with E-state index in [1.807, 2.05) is 25.1 Å². The molecule has 34 heavy (non-hydrogen) atoms. The number of nitrogens with zero attached hydrogens (tertiary/aromatic N) is 1. The van der Waals surface area contributed by atoms with Crippen LogP contribution in [-0.4, -0.2) is 34.6 Å². The van der Waals surface area contributed by atoms with Gasteiger partial charge in [0.25, 0.3) is 0 Å². The van der Waals surface area contributed by atoms with Crippen LogP contribution in [0.3, 0.4) is 0 Å². The highest BCUT2D eigenvalue weighted by Gasteiger charge is 2.31. The molecule has 0 heterocycles. The zero-order chi connectivity index (χ0) is 24.3. The molecule has 0 radical (unpaired) electrons. The molecule has 2 amide bonds. The lowest BCUT2D eigenvalue weighted by Gasteiger charge is -2.33. The SMILES string of the molecule is CC[C@@H](C(=O)NC1CCCCC1)N(Cc1c(Cl)cccc1Cl)C(=O)CCSCc1ccccc1. The van der Waals surface area contributed by atoms with E-state index in [1.165, 1.54) is 12.0 Å². The molecule has 2 aromatic carbocycles. The third-order valence-corrected chi connectivity index (χ3v) is 8.04. The number of hydrogen-bond donors (Lipinski definition) is 1. The van der Waals surface area contributed by atoms with Crippen LogP contribution in [0.15, 0.2) is 48.5 Å². The zero-order valence-electron chi connectivity index (χ0n) is 19.8. The van der Waals surface area contributed by atoms with E-state index in [4.69, 9.17) is 23.2 Å². The Morgan fingerprint density at radius 2 is 1.71 bits per heavy atom. The first kappa shape index (κ1) is 26.9. The molecule has 1 N–H and O–H groups in total. The molecular weight excluding hydrogens is 487 g/mol. The Morgan fingerprint density at radius 3 is 2.35 bits per heavy atom. The van der Waals surface area contributed by atoms with Crippen molar-refractivity contribution in [2.45, 2.75) is 76.3 Å². The maximum absolute atomic E-state index is 13.4. The van der Waals surface area contributed by atoms with Crippen molar-refractivity contribution in [3.8, 4) is 0 Å². The molecule has 1 aliphatic carbocycles. The number of halogens is 2. The maximum Gasteiger partial charge on any atom is 0.243 e. The van der Waals surface area contributed by atoms with Crippen molar-refractivity contribution >= 4 is 46.8 Å². The molecule has 2 aromatic rings. The Labute approximate surface area is 217 Å². The average molecular weight is 522 g/mol. The molecule has 0 aromatic heterocycles. The maximum atomic E-state index is 13.4. The van der Waals surface area contributed by atoms with Crippen LogP contribution >= 0.6 is 35.0 Å². The first-order valence-electron chi connectivity index (χ1n) is 12.1. The Kier molecular flexibility index (Phi) is 11.1. The Balaban J connectivity index is 1.70. The summed E-state index contributed by atoms with van der Waals surface area (Å²) in [4.78, 5) is 28.4. The summed E-state index contributed by atoms with van der Waals surface area (Å²) in [6.07, 6.45) is 6.39. The number of hydrogen-bond acceptors (Lipinski definition) is 3. The van der Waals surface area contributed by atoms with Gasteiger partial charge in [-0.05, 0) is 37.0 Å². The van der Waals surface area contributed by atoms with Crippen molar-refractivity contribution in [3.05, 3.63) is 69.7 Å². The molecule has 0 bridgehead atoms. The summed E-state index contributed by atoms with van der Waals surface area (Å²) in [7, 11) is 0. The van der Waals surface area contributed by atoms with Gasteiger partial charge in [0.1, 0.15) is 6.04 Å². The highest BCUT2D eigenvalue weighted by Crippen LogP contribution is 2.28. The van der Waals surface area contributed by atoms with E-state index >= 15 is 0 Å². The lowest BCUT2D eigenvalue weighted by molar-refractivity contribution is -0.141. The van der Waals surface area contributed by atoms with E-state index in [1.54, 1.807) is 34.9 Å². The number of carbonyl (C=O) groups excluding carboxylic acids is 2. The summed E-state index contributed by atoms with van der Waals surface area (Å²) in [5.74, 6) is 1.40. The number of carbonyl (C=O) groups is 2. The highest BCUT2D eigenvalue weighted by molar-refractivity contribution is 7.98. The summed E-state index contributed by atoms with van der Waals surface area (Å²) < 4.78 is 0. The predicted molar refractivity (Wildman–Crippen MR) is 143 cm³/mol. The van der Waals surface area contributed by atoms with Crippen LogP contribution in [0.2, 0.25) is 10.0 Å². The first-order chi connectivity index (χ1) is 16.5. The van der Waals surface area contributed by atoms with Gasteiger partial charge in [0, 0.05) is 46.1 Å². The molecular formula is C27H34Cl2N2O2S. The fourth-order valence-electron chi connectivity index (χ4n) is 4.38. The van der Waals surface area contributed by atoms with E-state index < -0.39 is 6.04 Å². The van der Waals surface area contributed by atoms with Crippen molar-refractivity contribution in [2.24, 2.45) is 0 Å². The minimum Gasteiger partial charge on any atom is -0.352 e. The number of rotatable bonds is 11. The molecule has 1 fully saturated rings. The molecule has 3 rings (SSSR count). The molecule has 1 atom stereocenters. The van der Waals surface area contributed by atoms with Crippen LogP contribution in [-0.2, 0) is 21.9 Å². The largest absolute Gasteiger partial charge is 0.352 e. The van der Waals surface area contributed by atoms with E-state index in [0.29, 0.717) is 34.2 Å². The van der Waals surface area contributed by atoms with Crippen molar-refractivity contribution < 1.29 is 9.59 Å². The van der Waals surface area contributed by atoms with Gasteiger partial charge in [-0.25, -0.2) is 0 Å². The Hall–Kier alpha value is -1.69. The van der Waals surface area contributed by atoms with Crippen LogP contribution in [0.25, 0.3) is 0 Å². The number of benzene rings is 2. The van der Waals surface area contributed by atoms with Gasteiger partial charge in [-0.15, -0.1) is 0 Å². The molecule has 0 unspecified atom stereocenters. The van der Waals surface area contributed by atoms with E-state index in [-0.39, 0.29) is 24.4 Å². The lowest BCUT2D eigenvalue weighted by atomic mass is 9.95. The van der Waals surface area contributed by atoms with Crippen LogP contribution in [0.5, 0.6) is 0 Å². The summed E-state index contributed by atoms with van der Waals surface area (Å²) in [6, 6.07) is 15.2. The molecule has 0 saturated heterocycles. The highest BCUT2D eigenvalue weighted by atomic mass is 35.5. The predicted octanol–water partition coefficient (Wildman–Crippen LogP) is 6.87. The third kappa shape index (κ3) is 7.93. The second kappa shape index (κ2) is 14.0. The third-order valence-electron chi connectivity index (χ3n) is 6.30. The molecule has 0 spiro atoms. The van der Waals surface area contributed by atoms with Crippen molar-refractivity contribution in [1.82, 2.24) is 10.2 Å². The Morgan fingerprint density at radius 1 is 1.03 bits per heavy atom. The van der Waals surface area contributed by atoms with Crippen molar-refractivity contribution in [3.63, 3.8) is 0 Å². The van der Waals surface area contributed by atoms with Gasteiger partial charge < -0.3 is 10.2 Å². The van der Waals surface area contributed by atoms with Crippen LogP contribution in [0, 0.1) is 0 Å². The lowest BCUT2D eigenvalue weighted by Crippen LogP contribution is -2.51. The summed E-state index contributed by atoms with van der Waals surface area (Å²) in [5.41, 5.74) is 1.91. The van der Waals surface area contributed by atoms with Gasteiger partial charge in [0.15, 0.2) is 0 Å². The molecule has 1 saturated carbocycles. The van der Waals surface area contributed by atoms with Crippen LogP contribution < -0.4 is 5.32 Å². The molecule has 0 aliphatic heterocycles. The molecule has 184 valence electrons. The normalized spacial score (nSPS) is 15.0. The Bertz CT molecular complexity index is 915. The first-order valence-corrected chi connectivity index (χ1v) is 14.0. The van der Waals surface area contributed by atoms with Crippen LogP contribution in [0.1, 0.15) is 63.0 Å². The standard InChI is InChI=1S/C27H34Cl2N2O2S/c1-2-25(27(33)30-21-12-7-4-8-13-21)31(18-22-23(28)14-9-15-24(22)29)26(32)16-17-34-19-20-10-5-3-6-11-20/h3,5-6,9-11,14-15,21,25H,2,4,7-8,12-13,16-19H2,1H3,(H,30,33)/t25-/m0/s1. The quantitative estimate of drug-likeness (QED) is 0.328. The van der Waals surface area contributed by atoms with E-state index in [9.17, 15) is 9.59 Å². The second-order valence-corrected chi connectivity index (χ2v) is 10.7. The average Bonchev–Trinajstić information content (AvgIpc) is 2.84. The van der Waals surface area contributed by atoms with Gasteiger partial charge in [0.2, 0.25) is 11.8 Å². The topological polar surface area (TPSA) is 49.4 Å². The zero-order valence-corrected chi connectivity index (χ0v) is 22.1. The van der Waals surface area contributed by atoms with Gasteiger partial charge in [-0.3, -0.25) is 9.59 Å². The van der Waals surface area contributed by atoms with Crippen molar-refractivity contribution in [2.75, 3.05) is 5.75 Å². The molecule has 7 heteroatoms. The minimum atomic E-state index is -0.555. The summed E-state index contributed by atoms with van der Waals surface area (Å²) in [5, 5.41) is 4.22. The smallest absolute Gasteiger partial charge is 0.243 e. The van der Waals surface area contributed by atoms with Gasteiger partial charge >= 0.3 is 0 Å². The fraction of sp³-hybridized carbons (Fsp3) is 0.481.